The summed E-state index contributed by atoms with van der Waals surface area (Å²) in [7, 11) is 2.00. The van der Waals surface area contributed by atoms with Gasteiger partial charge in [0, 0.05) is 30.8 Å². The zero-order valence-electron chi connectivity index (χ0n) is 13.1. The molecule has 2 unspecified atom stereocenters. The second kappa shape index (κ2) is 6.18. The number of hydrazine groups is 1. The number of hydrogen-bond donors (Lipinski definition) is 1. The van der Waals surface area contributed by atoms with E-state index in [1.54, 1.807) is 6.08 Å². The minimum Gasteiger partial charge on any atom is -0.516 e. The molecule has 1 aromatic rings. The largest absolute Gasteiger partial charge is 0.516 e. The molecular weight excluding hydrogens is 312 g/mol. The molecule has 0 saturated heterocycles. The molecule has 3 rings (SSSR count). The lowest BCUT2D eigenvalue weighted by atomic mass is 9.96. The predicted octanol–water partition coefficient (Wildman–Crippen LogP) is 3.80. The Morgan fingerprint density at radius 2 is 2.30 bits per heavy atom. The normalized spacial score (nSPS) is 21.3. The zero-order chi connectivity index (χ0) is 16.6. The maximum Gasteiger partial charge on any atom is 0.159 e. The van der Waals surface area contributed by atoms with Crippen LogP contribution in [0.5, 0.6) is 0 Å². The van der Waals surface area contributed by atoms with Gasteiger partial charge >= 0.3 is 0 Å². The van der Waals surface area contributed by atoms with Crippen molar-refractivity contribution in [2.24, 2.45) is 4.99 Å². The van der Waals surface area contributed by atoms with Gasteiger partial charge in [0.2, 0.25) is 0 Å². The molecule has 2 aliphatic heterocycles. The molecule has 120 valence electrons. The molecule has 0 bridgehead atoms. The summed E-state index contributed by atoms with van der Waals surface area (Å²) in [5.41, 5.74) is 1.80. The van der Waals surface area contributed by atoms with Crippen molar-refractivity contribution < 1.29 is 5.11 Å². The van der Waals surface area contributed by atoms with Crippen molar-refractivity contribution in [1.29, 1.82) is 0 Å². The van der Waals surface area contributed by atoms with Gasteiger partial charge in [-0.15, -0.1) is 6.58 Å². The monoisotopic (exact) mass is 330 g/mol. The van der Waals surface area contributed by atoms with Crippen LogP contribution in [0.4, 0.5) is 5.82 Å². The highest BCUT2D eigenvalue weighted by molar-refractivity contribution is 6.30. The van der Waals surface area contributed by atoms with E-state index in [1.807, 2.05) is 30.4 Å². The summed E-state index contributed by atoms with van der Waals surface area (Å²) in [6, 6.07) is 2.25. The SMILES string of the molecule is C=CC(C/C=C/O)c1cc2c(nc1Cl)N1C(=CC(C)N1C)N=C2. The third kappa shape index (κ3) is 2.66. The van der Waals surface area contributed by atoms with Crippen LogP contribution >= 0.6 is 11.6 Å². The third-order valence-electron chi connectivity index (χ3n) is 4.24. The van der Waals surface area contributed by atoms with Gasteiger partial charge in [-0.25, -0.2) is 20.0 Å². The Bertz CT molecular complexity index is 726. The first-order valence-electron chi connectivity index (χ1n) is 7.47. The van der Waals surface area contributed by atoms with Crippen LogP contribution in [0.15, 0.2) is 47.9 Å². The molecule has 1 N–H and O–H groups in total. The van der Waals surface area contributed by atoms with Crippen LogP contribution in [0.3, 0.4) is 0 Å². The highest BCUT2D eigenvalue weighted by Gasteiger charge is 2.33. The fraction of sp³-hybridized carbons (Fsp3) is 0.294. The van der Waals surface area contributed by atoms with Crippen LogP contribution in [0, 0.1) is 0 Å². The molecule has 3 heterocycles. The minimum absolute atomic E-state index is 0.00993. The van der Waals surface area contributed by atoms with Gasteiger partial charge in [-0.05, 0) is 37.1 Å². The fourth-order valence-electron chi connectivity index (χ4n) is 2.83. The van der Waals surface area contributed by atoms with Crippen molar-refractivity contribution in [1.82, 2.24) is 9.99 Å². The molecule has 6 heteroatoms. The van der Waals surface area contributed by atoms with E-state index in [0.717, 1.165) is 29.0 Å². The number of likely N-dealkylation sites (N-methyl/N-ethyl adjacent to an activating group) is 1. The number of allylic oxidation sites excluding steroid dienone is 2. The smallest absolute Gasteiger partial charge is 0.159 e. The van der Waals surface area contributed by atoms with Crippen molar-refractivity contribution in [2.45, 2.75) is 25.3 Å². The van der Waals surface area contributed by atoms with Gasteiger partial charge in [-0.2, -0.15) is 0 Å². The number of anilines is 1. The standard InChI is InChI=1S/C17H19ClN4O/c1-4-12(6-5-7-23)14-9-13-10-19-15-8-11(2)21(3)22(15)17(13)20-16(14)18/h4-5,7-12,23H,1,6H2,2-3H3/b7-5+. The fourth-order valence-corrected chi connectivity index (χ4v) is 3.10. The van der Waals surface area contributed by atoms with Crippen LogP contribution in [-0.4, -0.2) is 34.4 Å². The first kappa shape index (κ1) is 15.8. The predicted molar refractivity (Wildman–Crippen MR) is 94.0 cm³/mol. The molecule has 0 aromatic carbocycles. The van der Waals surface area contributed by atoms with Crippen LogP contribution in [0.25, 0.3) is 0 Å². The molecule has 0 aliphatic carbocycles. The molecule has 2 aliphatic rings. The van der Waals surface area contributed by atoms with E-state index >= 15 is 0 Å². The number of halogens is 1. The van der Waals surface area contributed by atoms with Gasteiger partial charge < -0.3 is 5.11 Å². The summed E-state index contributed by atoms with van der Waals surface area (Å²) in [6.45, 7) is 5.96. The Labute approximate surface area is 140 Å². The van der Waals surface area contributed by atoms with Gasteiger partial charge in [0.1, 0.15) is 11.0 Å². The van der Waals surface area contributed by atoms with Crippen molar-refractivity contribution in [3.8, 4) is 0 Å². The summed E-state index contributed by atoms with van der Waals surface area (Å²) in [5, 5.41) is 13.4. The van der Waals surface area contributed by atoms with E-state index in [9.17, 15) is 0 Å². The summed E-state index contributed by atoms with van der Waals surface area (Å²) in [6.07, 6.45) is 9.04. The van der Waals surface area contributed by atoms with E-state index in [2.05, 4.69) is 34.6 Å². The second-order valence-corrected chi connectivity index (χ2v) is 6.01. The average Bonchev–Trinajstić information content (AvgIpc) is 2.83. The lowest BCUT2D eigenvalue weighted by Crippen LogP contribution is -2.40. The van der Waals surface area contributed by atoms with Crippen molar-refractivity contribution in [2.75, 3.05) is 12.1 Å². The number of rotatable bonds is 4. The number of pyridine rings is 1. The van der Waals surface area contributed by atoms with Gasteiger partial charge in [0.15, 0.2) is 5.82 Å². The van der Waals surface area contributed by atoms with Crippen molar-refractivity contribution in [3.63, 3.8) is 0 Å². The van der Waals surface area contributed by atoms with Crippen LogP contribution in [0.1, 0.15) is 30.4 Å². The van der Waals surface area contributed by atoms with Gasteiger partial charge in [-0.3, -0.25) is 0 Å². The summed E-state index contributed by atoms with van der Waals surface area (Å²) in [5.74, 6) is 1.64. The van der Waals surface area contributed by atoms with Crippen LogP contribution in [-0.2, 0) is 0 Å². The number of aliphatic imine (C=N–C) groups is 1. The van der Waals surface area contributed by atoms with Crippen LogP contribution in [0.2, 0.25) is 5.15 Å². The Balaban J connectivity index is 2.03. The average molecular weight is 331 g/mol. The number of aliphatic hydroxyl groups excluding tert-OH is 1. The number of aliphatic hydroxyl groups is 1. The number of aromatic nitrogens is 1. The highest BCUT2D eigenvalue weighted by Crippen LogP contribution is 2.37. The maximum atomic E-state index is 8.87. The topological polar surface area (TPSA) is 52.0 Å². The quantitative estimate of drug-likeness (QED) is 0.518. The lowest BCUT2D eigenvalue weighted by molar-refractivity contribution is 0.314. The lowest BCUT2D eigenvalue weighted by Gasteiger charge is -2.32. The van der Waals surface area contributed by atoms with E-state index in [1.165, 1.54) is 0 Å². The highest BCUT2D eigenvalue weighted by atomic mass is 35.5. The van der Waals surface area contributed by atoms with Gasteiger partial charge in [0.25, 0.3) is 0 Å². The van der Waals surface area contributed by atoms with Crippen molar-refractivity contribution >= 4 is 23.6 Å². The number of nitrogens with zero attached hydrogens (tertiary/aromatic N) is 4. The van der Waals surface area contributed by atoms with Gasteiger partial charge in [-0.1, -0.05) is 17.7 Å². The summed E-state index contributed by atoms with van der Waals surface area (Å²) in [4.78, 5) is 9.11. The Kier molecular flexibility index (Phi) is 4.24. The summed E-state index contributed by atoms with van der Waals surface area (Å²) >= 11 is 6.43. The van der Waals surface area contributed by atoms with Gasteiger partial charge in [0.05, 0.1) is 6.26 Å². The first-order chi connectivity index (χ1) is 11.1. The Hall–Kier alpha value is -2.11. The summed E-state index contributed by atoms with van der Waals surface area (Å²) < 4.78 is 0. The molecule has 1 aromatic heterocycles. The van der Waals surface area contributed by atoms with E-state index in [0.29, 0.717) is 11.6 Å². The minimum atomic E-state index is -0.00993. The maximum absolute atomic E-state index is 8.87. The molecule has 2 atom stereocenters. The zero-order valence-corrected chi connectivity index (χ0v) is 13.9. The molecule has 0 spiro atoms. The van der Waals surface area contributed by atoms with E-state index < -0.39 is 0 Å². The molecular formula is C17H19ClN4O. The van der Waals surface area contributed by atoms with E-state index in [4.69, 9.17) is 16.7 Å². The Morgan fingerprint density at radius 3 is 3.00 bits per heavy atom. The van der Waals surface area contributed by atoms with E-state index in [-0.39, 0.29) is 12.0 Å². The second-order valence-electron chi connectivity index (χ2n) is 5.65. The molecule has 23 heavy (non-hydrogen) atoms. The van der Waals surface area contributed by atoms with Crippen molar-refractivity contribution in [3.05, 3.63) is 59.2 Å². The molecule has 0 radical (unpaired) electrons. The molecule has 5 nitrogen and oxygen atoms in total. The molecule has 0 saturated carbocycles. The molecule has 0 amide bonds. The Morgan fingerprint density at radius 1 is 1.52 bits per heavy atom. The number of hydrogen-bond acceptors (Lipinski definition) is 5. The van der Waals surface area contributed by atoms with Crippen LogP contribution < -0.4 is 5.01 Å². The molecule has 0 fully saturated rings. The first-order valence-corrected chi connectivity index (χ1v) is 7.85. The number of fused-ring (bicyclic) bond motifs is 3. The third-order valence-corrected chi connectivity index (χ3v) is 4.54.